The summed E-state index contributed by atoms with van der Waals surface area (Å²) in [7, 11) is 1.84. The van der Waals surface area contributed by atoms with Crippen molar-refractivity contribution in [3.8, 4) is 0 Å². The van der Waals surface area contributed by atoms with Crippen LogP contribution >= 0.6 is 11.3 Å². The van der Waals surface area contributed by atoms with E-state index in [2.05, 4.69) is 15.3 Å². The van der Waals surface area contributed by atoms with Gasteiger partial charge in [-0.25, -0.2) is 9.78 Å². The number of benzene rings is 1. The van der Waals surface area contributed by atoms with E-state index in [0.29, 0.717) is 28.1 Å². The van der Waals surface area contributed by atoms with Crippen molar-refractivity contribution in [1.82, 2.24) is 15.3 Å². The quantitative estimate of drug-likeness (QED) is 0.216. The van der Waals surface area contributed by atoms with Crippen LogP contribution in [0.3, 0.4) is 0 Å². The fourth-order valence-electron chi connectivity index (χ4n) is 3.16. The zero-order chi connectivity index (χ0) is 23.4. The molecule has 0 fully saturated rings. The number of aryl methyl sites for hydroxylation is 1. The van der Waals surface area contributed by atoms with Gasteiger partial charge in [0.05, 0.1) is 20.8 Å². The molecule has 1 aromatic carbocycles. The van der Waals surface area contributed by atoms with Gasteiger partial charge in [-0.2, -0.15) is 0 Å². The molecule has 10 nitrogen and oxygen atoms in total. The zero-order valence-corrected chi connectivity index (χ0v) is 24.2. The molecule has 0 aliphatic carbocycles. The summed E-state index contributed by atoms with van der Waals surface area (Å²) in [5.74, 6) is -2.45. The molecule has 0 saturated heterocycles. The topological polar surface area (TPSA) is 153 Å². The summed E-state index contributed by atoms with van der Waals surface area (Å²) in [6.07, 6.45) is -0.566. The second kappa shape index (κ2) is 13.4. The largest absolute Gasteiger partial charge is 1.00 e. The molecule has 0 aliphatic rings. The number of carboxylic acids is 2. The number of nitrogens with one attached hydrogen (secondary N) is 2. The van der Waals surface area contributed by atoms with Crippen molar-refractivity contribution in [3.63, 3.8) is 0 Å². The molecule has 1 atom stereocenters. The summed E-state index contributed by atoms with van der Waals surface area (Å²) in [5, 5.41) is 21.6. The van der Waals surface area contributed by atoms with E-state index in [1.54, 1.807) is 31.2 Å². The number of hydrogen-bond donors (Lipinski definition) is 4. The molecule has 0 saturated carbocycles. The van der Waals surface area contributed by atoms with Crippen LogP contribution in [0.25, 0.3) is 10.9 Å². The van der Waals surface area contributed by atoms with Crippen LogP contribution in [0.15, 0.2) is 35.1 Å². The Labute approximate surface area is 246 Å². The number of carboxylic acid groups (broad SMARTS) is 2. The Morgan fingerprint density at radius 3 is 2.56 bits per heavy atom. The molecule has 3 aromatic rings. The monoisotopic (exact) mass is 506 g/mol. The summed E-state index contributed by atoms with van der Waals surface area (Å²) in [6, 6.07) is 7.49. The van der Waals surface area contributed by atoms with E-state index < -0.39 is 23.9 Å². The van der Waals surface area contributed by atoms with Crippen LogP contribution in [0.5, 0.6) is 0 Å². The van der Waals surface area contributed by atoms with Gasteiger partial charge in [0.2, 0.25) is 0 Å². The summed E-state index contributed by atoms with van der Waals surface area (Å²) in [5.41, 5.74) is 1.29. The van der Waals surface area contributed by atoms with E-state index in [1.165, 1.54) is 11.3 Å². The number of rotatable bonds is 9. The van der Waals surface area contributed by atoms with Crippen molar-refractivity contribution in [2.45, 2.75) is 32.4 Å². The van der Waals surface area contributed by atoms with E-state index >= 15 is 0 Å². The molecule has 0 aliphatic heterocycles. The Morgan fingerprint density at radius 1 is 1.21 bits per heavy atom. The second-order valence-electron chi connectivity index (χ2n) is 7.29. The minimum Gasteiger partial charge on any atom is -1.00 e. The summed E-state index contributed by atoms with van der Waals surface area (Å²) < 4.78 is 0. The molecule has 0 radical (unpaired) electrons. The molecular weight excluding hydrogens is 482 g/mol. The number of H-pyrrole nitrogens is 1. The predicted octanol–water partition coefficient (Wildman–Crippen LogP) is -3.79. The number of thiophene rings is 1. The van der Waals surface area contributed by atoms with Gasteiger partial charge in [-0.05, 0) is 43.2 Å². The van der Waals surface area contributed by atoms with Gasteiger partial charge < -0.3 is 28.3 Å². The van der Waals surface area contributed by atoms with Crippen molar-refractivity contribution in [3.05, 3.63) is 57.0 Å². The SMILES string of the molecule is Cc1nc2ccc(CN(C)c3ccc(C(=O)N[C@@H](CCC(=O)O)C(=O)O)s3)cc2c(=O)[nH]1.[H-].[H-].[Na+].[Na+]. The van der Waals surface area contributed by atoms with Gasteiger partial charge in [-0.3, -0.25) is 14.4 Å². The molecule has 2 aromatic heterocycles. The fourth-order valence-corrected chi connectivity index (χ4v) is 4.03. The summed E-state index contributed by atoms with van der Waals surface area (Å²) >= 11 is 1.18. The molecule has 0 unspecified atom stereocenters. The zero-order valence-electron chi connectivity index (χ0n) is 21.4. The molecular formula is C21H24N4Na2O6S. The number of carbonyl (C=O) groups is 3. The first-order valence-electron chi connectivity index (χ1n) is 9.70. The number of fused-ring (bicyclic) bond motifs is 1. The third-order valence-corrected chi connectivity index (χ3v) is 5.95. The van der Waals surface area contributed by atoms with Crippen LogP contribution in [0.2, 0.25) is 0 Å². The van der Waals surface area contributed by atoms with Crippen LogP contribution < -0.4 is 74.9 Å². The smallest absolute Gasteiger partial charge is 1.00 e. The van der Waals surface area contributed by atoms with Gasteiger partial charge >= 0.3 is 71.1 Å². The molecule has 172 valence electrons. The molecule has 3 rings (SSSR count). The number of aromatic amines is 1. The molecule has 0 bridgehead atoms. The Balaban J connectivity index is 0. The van der Waals surface area contributed by atoms with Crippen LogP contribution in [-0.2, 0) is 16.1 Å². The van der Waals surface area contributed by atoms with Gasteiger partial charge in [0, 0.05) is 20.0 Å². The first-order chi connectivity index (χ1) is 15.1. The third kappa shape index (κ3) is 7.91. The van der Waals surface area contributed by atoms with E-state index in [-0.39, 0.29) is 80.4 Å². The number of carbonyl (C=O) groups excluding carboxylic acids is 1. The van der Waals surface area contributed by atoms with E-state index in [1.807, 2.05) is 18.0 Å². The summed E-state index contributed by atoms with van der Waals surface area (Å²) in [6.45, 7) is 2.19. The Kier molecular flexibility index (Phi) is 11.9. The van der Waals surface area contributed by atoms with Crippen molar-refractivity contribution in [2.24, 2.45) is 0 Å². The average molecular weight is 506 g/mol. The maximum atomic E-state index is 12.4. The van der Waals surface area contributed by atoms with E-state index in [0.717, 1.165) is 10.6 Å². The molecule has 4 N–H and O–H groups in total. The Bertz CT molecular complexity index is 1260. The van der Waals surface area contributed by atoms with E-state index in [9.17, 15) is 24.3 Å². The van der Waals surface area contributed by atoms with Crippen LogP contribution in [0, 0.1) is 6.92 Å². The van der Waals surface area contributed by atoms with Crippen molar-refractivity contribution in [1.29, 1.82) is 0 Å². The van der Waals surface area contributed by atoms with Crippen molar-refractivity contribution >= 4 is 45.1 Å². The van der Waals surface area contributed by atoms with Gasteiger partial charge in [0.15, 0.2) is 0 Å². The number of nitrogens with zero attached hydrogens (tertiary/aromatic N) is 2. The maximum absolute atomic E-state index is 12.4. The molecule has 1 amide bonds. The van der Waals surface area contributed by atoms with Crippen LogP contribution in [0.1, 0.15) is 36.8 Å². The number of aromatic nitrogens is 2. The van der Waals surface area contributed by atoms with Crippen molar-refractivity contribution in [2.75, 3.05) is 11.9 Å². The standard InChI is InChI=1S/C21H22N4O6S.2Na.2H/c1-11-22-14-4-3-12(9-13(14)19(28)23-11)10-25(2)17-7-6-16(32-17)20(29)24-15(21(30)31)5-8-18(26)27;;;;/h3-4,6-7,9,15H,5,8,10H2,1-2H3,(H,24,29)(H,26,27)(H,30,31)(H,22,23,28);;;;/q;2*+1;2*-1/t15-;;;;/m0..../s1. The van der Waals surface area contributed by atoms with Gasteiger partial charge in [0.1, 0.15) is 11.9 Å². The van der Waals surface area contributed by atoms with Gasteiger partial charge in [-0.15, -0.1) is 11.3 Å². The van der Waals surface area contributed by atoms with Crippen LogP contribution in [-0.4, -0.2) is 51.1 Å². The van der Waals surface area contributed by atoms with Gasteiger partial charge in [0.25, 0.3) is 11.5 Å². The Hall–Kier alpha value is -1.73. The minimum absolute atomic E-state index is 0. The molecule has 0 spiro atoms. The third-order valence-electron chi connectivity index (χ3n) is 4.75. The normalized spacial score (nSPS) is 11.1. The number of aliphatic carboxylic acids is 2. The number of amides is 1. The maximum Gasteiger partial charge on any atom is 1.00 e. The summed E-state index contributed by atoms with van der Waals surface area (Å²) in [4.78, 5) is 55.8. The molecule has 13 heteroatoms. The first-order valence-corrected chi connectivity index (χ1v) is 10.5. The van der Waals surface area contributed by atoms with Crippen molar-refractivity contribution < 1.29 is 86.6 Å². The van der Waals surface area contributed by atoms with Gasteiger partial charge in [-0.1, -0.05) is 6.07 Å². The fraction of sp³-hybridized carbons (Fsp3) is 0.286. The molecule has 2 heterocycles. The minimum atomic E-state index is -1.29. The number of anilines is 1. The number of hydrogen-bond acceptors (Lipinski definition) is 7. The van der Waals surface area contributed by atoms with E-state index in [4.69, 9.17) is 5.11 Å². The predicted molar refractivity (Wildman–Crippen MR) is 122 cm³/mol. The average Bonchev–Trinajstić information content (AvgIpc) is 3.21. The first kappa shape index (κ1) is 30.3. The van der Waals surface area contributed by atoms with Crippen LogP contribution in [0.4, 0.5) is 5.00 Å². The Morgan fingerprint density at radius 2 is 1.91 bits per heavy atom. The molecule has 34 heavy (non-hydrogen) atoms. The second-order valence-corrected chi connectivity index (χ2v) is 8.36.